The molecule has 0 aliphatic carbocycles. The molecule has 0 N–H and O–H groups in total. The van der Waals surface area contributed by atoms with Gasteiger partial charge >= 0.3 is 0 Å². The van der Waals surface area contributed by atoms with Crippen LogP contribution in [-0.2, 0) is 7.05 Å². The number of hydrogen-bond donors (Lipinski definition) is 0. The molecule has 0 fully saturated rings. The van der Waals surface area contributed by atoms with Crippen LogP contribution in [0.5, 0.6) is 0 Å². The van der Waals surface area contributed by atoms with Gasteiger partial charge in [-0.25, -0.2) is 4.57 Å². The van der Waals surface area contributed by atoms with Crippen molar-refractivity contribution in [2.24, 2.45) is 7.05 Å². The summed E-state index contributed by atoms with van der Waals surface area (Å²) in [5.41, 5.74) is 5.21. The second kappa shape index (κ2) is 4.51. The van der Waals surface area contributed by atoms with Gasteiger partial charge in [0.05, 0.1) is 5.39 Å². The molecule has 0 spiro atoms. The Morgan fingerprint density at radius 2 is 1.68 bits per heavy atom. The first-order chi connectivity index (χ1) is 9.16. The van der Waals surface area contributed by atoms with E-state index in [1.54, 1.807) is 0 Å². The normalized spacial score (nSPS) is 10.9. The number of fused-ring (bicyclic) bond motifs is 1. The summed E-state index contributed by atoms with van der Waals surface area (Å²) in [5, 5.41) is 2.61. The number of nitrogens with zero attached hydrogens (tertiary/aromatic N) is 1. The van der Waals surface area contributed by atoms with Gasteiger partial charge in [0.25, 0.3) is 0 Å². The van der Waals surface area contributed by atoms with Crippen LogP contribution in [0.15, 0.2) is 54.7 Å². The van der Waals surface area contributed by atoms with Gasteiger partial charge in [-0.3, -0.25) is 0 Å². The third-order valence-corrected chi connectivity index (χ3v) is 3.69. The molecule has 0 radical (unpaired) electrons. The summed E-state index contributed by atoms with van der Waals surface area (Å²) in [7, 11) is 2.11. The quantitative estimate of drug-likeness (QED) is 0.574. The number of aromatic nitrogens is 1. The Morgan fingerprint density at radius 1 is 0.895 bits per heavy atom. The molecular formula is C18H18N+. The van der Waals surface area contributed by atoms with Gasteiger partial charge in [0.2, 0.25) is 5.69 Å². The van der Waals surface area contributed by atoms with Crippen LogP contribution >= 0.6 is 0 Å². The Hall–Kier alpha value is -2.15. The van der Waals surface area contributed by atoms with Gasteiger partial charge in [-0.05, 0) is 36.9 Å². The maximum atomic E-state index is 2.27. The number of hydrogen-bond acceptors (Lipinski definition) is 0. The first-order valence-electron chi connectivity index (χ1n) is 6.62. The summed E-state index contributed by atoms with van der Waals surface area (Å²) in [4.78, 5) is 0. The standard InChI is InChI=1S/C18H18N/c1-13-8-9-15-10-11-19(3)18(17(15)12-13)16-7-5-4-6-14(16)2/h4-12H,1-3H3/q+1. The maximum Gasteiger partial charge on any atom is 0.220 e. The highest BCUT2D eigenvalue weighted by Gasteiger charge is 2.16. The monoisotopic (exact) mass is 248 g/mol. The average molecular weight is 248 g/mol. The summed E-state index contributed by atoms with van der Waals surface area (Å²) in [6.07, 6.45) is 2.14. The minimum absolute atomic E-state index is 1.29. The van der Waals surface area contributed by atoms with E-state index in [0.29, 0.717) is 0 Å². The summed E-state index contributed by atoms with van der Waals surface area (Å²) in [6, 6.07) is 17.4. The minimum Gasteiger partial charge on any atom is -0.200 e. The minimum atomic E-state index is 1.29. The second-order valence-electron chi connectivity index (χ2n) is 5.18. The molecule has 19 heavy (non-hydrogen) atoms. The Bertz CT molecular complexity index is 751. The van der Waals surface area contributed by atoms with Crippen molar-refractivity contribution >= 4 is 10.8 Å². The average Bonchev–Trinajstić information content (AvgIpc) is 2.40. The Labute approximate surface area is 114 Å². The van der Waals surface area contributed by atoms with Crippen molar-refractivity contribution in [1.82, 2.24) is 0 Å². The number of aryl methyl sites for hydroxylation is 3. The first kappa shape index (κ1) is 11.9. The van der Waals surface area contributed by atoms with E-state index >= 15 is 0 Å². The molecule has 0 amide bonds. The van der Waals surface area contributed by atoms with Gasteiger partial charge in [0, 0.05) is 11.6 Å². The smallest absolute Gasteiger partial charge is 0.200 e. The van der Waals surface area contributed by atoms with Crippen LogP contribution in [0, 0.1) is 13.8 Å². The van der Waals surface area contributed by atoms with Crippen LogP contribution in [0.4, 0.5) is 0 Å². The number of benzene rings is 2. The zero-order chi connectivity index (χ0) is 13.4. The molecule has 0 atom stereocenters. The Morgan fingerprint density at radius 3 is 2.47 bits per heavy atom. The van der Waals surface area contributed by atoms with E-state index in [2.05, 4.69) is 80.2 Å². The zero-order valence-corrected chi connectivity index (χ0v) is 11.6. The predicted octanol–water partition coefficient (Wildman–Crippen LogP) is 3.95. The van der Waals surface area contributed by atoms with Crippen molar-refractivity contribution in [2.75, 3.05) is 0 Å². The van der Waals surface area contributed by atoms with Crippen LogP contribution in [-0.4, -0.2) is 0 Å². The largest absolute Gasteiger partial charge is 0.220 e. The van der Waals surface area contributed by atoms with Crippen molar-refractivity contribution in [3.63, 3.8) is 0 Å². The van der Waals surface area contributed by atoms with E-state index in [0.717, 1.165) is 0 Å². The molecule has 1 aromatic heterocycles. The van der Waals surface area contributed by atoms with Crippen molar-refractivity contribution in [1.29, 1.82) is 0 Å². The van der Waals surface area contributed by atoms with E-state index in [1.165, 1.54) is 33.2 Å². The highest BCUT2D eigenvalue weighted by molar-refractivity contribution is 5.93. The van der Waals surface area contributed by atoms with Crippen LogP contribution < -0.4 is 4.57 Å². The number of pyridine rings is 1. The van der Waals surface area contributed by atoms with Gasteiger partial charge in [-0.1, -0.05) is 35.9 Å². The molecule has 0 aliphatic heterocycles. The summed E-state index contributed by atoms with van der Waals surface area (Å²) in [6.45, 7) is 4.32. The van der Waals surface area contributed by atoms with Crippen molar-refractivity contribution in [3.8, 4) is 11.3 Å². The fourth-order valence-corrected chi connectivity index (χ4v) is 2.65. The summed E-state index contributed by atoms with van der Waals surface area (Å²) < 4.78 is 2.21. The van der Waals surface area contributed by atoms with Gasteiger partial charge < -0.3 is 0 Å². The lowest BCUT2D eigenvalue weighted by molar-refractivity contribution is -0.659. The molecule has 0 saturated carbocycles. The molecule has 1 nitrogen and oxygen atoms in total. The molecule has 0 unspecified atom stereocenters. The molecule has 3 aromatic rings. The lowest BCUT2D eigenvalue weighted by Gasteiger charge is -2.08. The van der Waals surface area contributed by atoms with Gasteiger partial charge in [0.15, 0.2) is 6.20 Å². The second-order valence-corrected chi connectivity index (χ2v) is 5.18. The Kier molecular flexibility index (Phi) is 2.83. The SMILES string of the molecule is Cc1ccc2cc[n+](C)c(-c3ccccc3C)c2c1. The molecule has 3 rings (SSSR count). The molecule has 2 aromatic carbocycles. The molecule has 1 heteroatoms. The first-order valence-corrected chi connectivity index (χ1v) is 6.62. The lowest BCUT2D eigenvalue weighted by atomic mass is 9.98. The molecule has 1 heterocycles. The maximum absolute atomic E-state index is 2.27. The third kappa shape index (κ3) is 2.01. The molecule has 0 aliphatic rings. The van der Waals surface area contributed by atoms with E-state index < -0.39 is 0 Å². The van der Waals surface area contributed by atoms with Crippen LogP contribution in [0.1, 0.15) is 11.1 Å². The Balaban J connectivity index is 2.43. The van der Waals surface area contributed by atoms with E-state index in [-0.39, 0.29) is 0 Å². The van der Waals surface area contributed by atoms with Crippen molar-refractivity contribution in [2.45, 2.75) is 13.8 Å². The molecule has 94 valence electrons. The molecule has 0 bridgehead atoms. The van der Waals surface area contributed by atoms with Gasteiger partial charge in [-0.15, -0.1) is 0 Å². The lowest BCUT2D eigenvalue weighted by Crippen LogP contribution is -2.30. The van der Waals surface area contributed by atoms with Gasteiger partial charge in [0.1, 0.15) is 7.05 Å². The highest BCUT2D eigenvalue weighted by Crippen LogP contribution is 2.28. The van der Waals surface area contributed by atoms with Crippen LogP contribution in [0.2, 0.25) is 0 Å². The van der Waals surface area contributed by atoms with Crippen LogP contribution in [0.3, 0.4) is 0 Å². The fraction of sp³-hybridized carbons (Fsp3) is 0.167. The summed E-state index contributed by atoms with van der Waals surface area (Å²) in [5.74, 6) is 0. The topological polar surface area (TPSA) is 3.88 Å². The van der Waals surface area contributed by atoms with Crippen LogP contribution in [0.25, 0.3) is 22.0 Å². The third-order valence-electron chi connectivity index (χ3n) is 3.69. The fourth-order valence-electron chi connectivity index (χ4n) is 2.65. The van der Waals surface area contributed by atoms with E-state index in [1.807, 2.05) is 0 Å². The van der Waals surface area contributed by atoms with E-state index in [9.17, 15) is 0 Å². The van der Waals surface area contributed by atoms with Gasteiger partial charge in [-0.2, -0.15) is 0 Å². The van der Waals surface area contributed by atoms with E-state index in [4.69, 9.17) is 0 Å². The van der Waals surface area contributed by atoms with Crippen molar-refractivity contribution in [3.05, 3.63) is 65.9 Å². The number of rotatable bonds is 1. The predicted molar refractivity (Wildman–Crippen MR) is 80.0 cm³/mol. The summed E-state index contributed by atoms with van der Waals surface area (Å²) >= 11 is 0. The van der Waals surface area contributed by atoms with Crippen molar-refractivity contribution < 1.29 is 4.57 Å². The molecular weight excluding hydrogens is 230 g/mol. The highest BCUT2D eigenvalue weighted by atomic mass is 14.9. The zero-order valence-electron chi connectivity index (χ0n) is 11.6. The molecule has 0 saturated heterocycles.